The van der Waals surface area contributed by atoms with Gasteiger partial charge in [-0.3, -0.25) is 14.5 Å². The van der Waals surface area contributed by atoms with Crippen LogP contribution in [0.25, 0.3) is 10.9 Å². The Balaban J connectivity index is 1.06. The van der Waals surface area contributed by atoms with E-state index in [1.165, 1.54) is 17.0 Å². The van der Waals surface area contributed by atoms with Crippen molar-refractivity contribution in [2.75, 3.05) is 29.9 Å². The molecular formula is C25H23FN4O5. The molecule has 3 aliphatic rings. The van der Waals surface area contributed by atoms with Crippen molar-refractivity contribution >= 4 is 34.3 Å². The highest BCUT2D eigenvalue weighted by Crippen LogP contribution is 2.35. The Morgan fingerprint density at radius 2 is 1.94 bits per heavy atom. The number of carbonyl (C=O) groups excluding carboxylic acids is 2. The highest BCUT2D eigenvalue weighted by atomic mass is 19.1. The van der Waals surface area contributed by atoms with Crippen LogP contribution in [0.15, 0.2) is 47.3 Å². The third-order valence-corrected chi connectivity index (χ3v) is 6.73. The first-order valence-corrected chi connectivity index (χ1v) is 11.6. The molecule has 35 heavy (non-hydrogen) atoms. The van der Waals surface area contributed by atoms with E-state index < -0.39 is 6.09 Å². The van der Waals surface area contributed by atoms with Crippen LogP contribution in [0, 0.1) is 5.82 Å². The molecule has 2 amide bonds. The Hall–Kier alpha value is -3.92. The van der Waals surface area contributed by atoms with Crippen LogP contribution in [0.1, 0.15) is 24.4 Å². The van der Waals surface area contributed by atoms with Crippen molar-refractivity contribution in [3.63, 3.8) is 0 Å². The second-order valence-electron chi connectivity index (χ2n) is 8.96. The van der Waals surface area contributed by atoms with E-state index in [1.54, 1.807) is 34.9 Å². The number of hydrogen-bond acceptors (Lipinski definition) is 6. The Labute approximate surface area is 199 Å². The molecule has 1 fully saturated rings. The first-order valence-electron chi connectivity index (χ1n) is 11.6. The predicted octanol–water partition coefficient (Wildman–Crippen LogP) is 2.92. The van der Waals surface area contributed by atoms with Gasteiger partial charge in [0.15, 0.2) is 6.61 Å². The molecule has 2 atom stereocenters. The van der Waals surface area contributed by atoms with Crippen LogP contribution in [0.2, 0.25) is 0 Å². The van der Waals surface area contributed by atoms with Gasteiger partial charge in [-0.2, -0.15) is 0 Å². The van der Waals surface area contributed by atoms with E-state index >= 15 is 0 Å². The highest BCUT2D eigenvalue weighted by molar-refractivity contribution is 5.97. The fourth-order valence-corrected chi connectivity index (χ4v) is 5.08. The van der Waals surface area contributed by atoms with Crippen molar-refractivity contribution in [3.8, 4) is 5.75 Å². The molecule has 0 radical (unpaired) electrons. The number of pyridine rings is 1. The van der Waals surface area contributed by atoms with Crippen LogP contribution in [0.4, 0.5) is 20.6 Å². The maximum atomic E-state index is 14.6. The van der Waals surface area contributed by atoms with Crippen LogP contribution >= 0.6 is 0 Å². The number of fused-ring (bicyclic) bond motifs is 1. The van der Waals surface area contributed by atoms with Crippen LogP contribution in [0.5, 0.6) is 5.75 Å². The zero-order chi connectivity index (χ0) is 24.1. The van der Waals surface area contributed by atoms with Gasteiger partial charge in [0.25, 0.3) is 11.5 Å². The fourth-order valence-electron chi connectivity index (χ4n) is 5.08. The minimum atomic E-state index is -0.440. The SMILES string of the molecule is O=C1COc2ccc(N3C[C@@H](CCCN[C@H]4Cn5c(=O)ccc6ccc(F)c4c65)OC3=O)cc2N1. The van der Waals surface area contributed by atoms with Gasteiger partial charge in [0.2, 0.25) is 0 Å². The van der Waals surface area contributed by atoms with E-state index in [9.17, 15) is 18.8 Å². The molecule has 3 aromatic rings. The highest BCUT2D eigenvalue weighted by Gasteiger charge is 2.33. The third-order valence-electron chi connectivity index (χ3n) is 6.73. The summed E-state index contributed by atoms with van der Waals surface area (Å²) < 4.78 is 27.1. The molecule has 0 unspecified atom stereocenters. The van der Waals surface area contributed by atoms with Crippen LogP contribution in [0.3, 0.4) is 0 Å². The Bertz CT molecular complexity index is 1420. The van der Waals surface area contributed by atoms with Crippen molar-refractivity contribution < 1.29 is 23.5 Å². The minimum absolute atomic E-state index is 0.0281. The monoisotopic (exact) mass is 478 g/mol. The Morgan fingerprint density at radius 3 is 2.83 bits per heavy atom. The summed E-state index contributed by atoms with van der Waals surface area (Å²) in [6.07, 6.45) is 0.617. The van der Waals surface area contributed by atoms with Crippen molar-refractivity contribution in [1.82, 2.24) is 9.88 Å². The molecule has 0 spiro atoms. The fraction of sp³-hybridized carbons (Fsp3) is 0.320. The molecule has 0 aliphatic carbocycles. The average molecular weight is 478 g/mol. The standard InChI is InChI=1S/C25H23FN4O5/c26-17-6-3-14-4-8-22(32)30-12-19(23(17)24(14)30)27-9-1-2-16-11-29(25(33)35-16)15-5-7-20-18(10-15)28-21(31)13-34-20/h3-8,10,16,19,27H,1-2,9,11-13H2,(H,28,31)/t16-,19+/m1/s1. The molecule has 2 N–H and O–H groups in total. The van der Waals surface area contributed by atoms with Gasteiger partial charge in [-0.1, -0.05) is 0 Å². The molecule has 0 saturated carbocycles. The normalized spacial score (nSPS) is 20.5. The molecule has 2 aromatic carbocycles. The molecule has 1 saturated heterocycles. The van der Waals surface area contributed by atoms with Crippen molar-refractivity contribution in [1.29, 1.82) is 0 Å². The zero-order valence-corrected chi connectivity index (χ0v) is 18.8. The van der Waals surface area contributed by atoms with E-state index in [-0.39, 0.29) is 36.0 Å². The number of carbonyl (C=O) groups is 2. The average Bonchev–Trinajstić information content (AvgIpc) is 3.42. The molecule has 10 heteroatoms. The number of anilines is 2. The van der Waals surface area contributed by atoms with Crippen molar-refractivity contribution in [3.05, 3.63) is 64.2 Å². The number of benzene rings is 2. The minimum Gasteiger partial charge on any atom is -0.482 e. The van der Waals surface area contributed by atoms with E-state index in [1.807, 2.05) is 0 Å². The molecule has 0 bridgehead atoms. The molecule has 6 rings (SSSR count). The van der Waals surface area contributed by atoms with Gasteiger partial charge in [0, 0.05) is 23.9 Å². The van der Waals surface area contributed by atoms with Crippen LogP contribution in [-0.2, 0) is 16.1 Å². The number of nitrogens with one attached hydrogen (secondary N) is 2. The summed E-state index contributed by atoms with van der Waals surface area (Å²) in [6, 6.07) is 11.3. The summed E-state index contributed by atoms with van der Waals surface area (Å²) in [5, 5.41) is 6.95. The van der Waals surface area contributed by atoms with Crippen LogP contribution < -0.4 is 25.8 Å². The number of amides is 2. The molecular weight excluding hydrogens is 455 g/mol. The smallest absolute Gasteiger partial charge is 0.414 e. The van der Waals surface area contributed by atoms with Gasteiger partial charge in [-0.15, -0.1) is 0 Å². The quantitative estimate of drug-likeness (QED) is 0.529. The largest absolute Gasteiger partial charge is 0.482 e. The number of hydrogen-bond donors (Lipinski definition) is 2. The molecule has 9 nitrogen and oxygen atoms in total. The van der Waals surface area contributed by atoms with E-state index in [0.717, 1.165) is 5.39 Å². The predicted molar refractivity (Wildman–Crippen MR) is 126 cm³/mol. The Kier molecular flexibility index (Phi) is 5.18. The lowest BCUT2D eigenvalue weighted by Crippen LogP contribution is -2.28. The van der Waals surface area contributed by atoms with Crippen LogP contribution in [-0.4, -0.2) is 42.4 Å². The topological polar surface area (TPSA) is 102 Å². The lowest BCUT2D eigenvalue weighted by Gasteiger charge is -2.20. The van der Waals surface area contributed by atoms with E-state index in [4.69, 9.17) is 9.47 Å². The number of cyclic esters (lactones) is 1. The summed E-state index contributed by atoms with van der Waals surface area (Å²) in [5.41, 5.74) is 2.19. The summed E-state index contributed by atoms with van der Waals surface area (Å²) >= 11 is 0. The summed E-state index contributed by atoms with van der Waals surface area (Å²) in [7, 11) is 0. The molecule has 1 aromatic heterocycles. The maximum Gasteiger partial charge on any atom is 0.414 e. The number of halogens is 1. The van der Waals surface area contributed by atoms with Gasteiger partial charge < -0.3 is 24.7 Å². The van der Waals surface area contributed by atoms with E-state index in [0.29, 0.717) is 60.7 Å². The summed E-state index contributed by atoms with van der Waals surface area (Å²) in [5.74, 6) is 0.00113. The number of aromatic nitrogens is 1. The summed E-state index contributed by atoms with van der Waals surface area (Å²) in [4.78, 5) is 37.8. The first kappa shape index (κ1) is 21.6. The number of nitrogens with zero attached hydrogens (tertiary/aromatic N) is 2. The Morgan fingerprint density at radius 1 is 1.09 bits per heavy atom. The second-order valence-corrected chi connectivity index (χ2v) is 8.96. The van der Waals surface area contributed by atoms with Gasteiger partial charge >= 0.3 is 6.09 Å². The second kappa shape index (κ2) is 8.38. The number of rotatable bonds is 6. The van der Waals surface area contributed by atoms with Gasteiger partial charge in [0.1, 0.15) is 17.7 Å². The molecule has 180 valence electrons. The summed E-state index contributed by atoms with van der Waals surface area (Å²) in [6.45, 7) is 1.33. The van der Waals surface area contributed by atoms with Crippen molar-refractivity contribution in [2.24, 2.45) is 0 Å². The lowest BCUT2D eigenvalue weighted by atomic mass is 10.1. The molecule has 4 heterocycles. The first-order chi connectivity index (χ1) is 17.0. The maximum absolute atomic E-state index is 14.6. The van der Waals surface area contributed by atoms with Gasteiger partial charge in [-0.05, 0) is 61.2 Å². The molecule has 3 aliphatic heterocycles. The van der Waals surface area contributed by atoms with Crippen molar-refractivity contribution in [2.45, 2.75) is 31.5 Å². The lowest BCUT2D eigenvalue weighted by molar-refractivity contribution is -0.118. The third kappa shape index (κ3) is 3.79. The van der Waals surface area contributed by atoms with E-state index in [2.05, 4.69) is 10.6 Å². The van der Waals surface area contributed by atoms with Gasteiger partial charge in [-0.25, -0.2) is 9.18 Å². The van der Waals surface area contributed by atoms with Gasteiger partial charge in [0.05, 0.1) is 23.8 Å². The number of ether oxygens (including phenoxy) is 2. The zero-order valence-electron chi connectivity index (χ0n) is 18.8.